The van der Waals surface area contributed by atoms with Gasteiger partial charge in [0.2, 0.25) is 0 Å². The molecule has 0 aliphatic carbocycles. The zero-order valence-corrected chi connectivity index (χ0v) is 72.2. The summed E-state index contributed by atoms with van der Waals surface area (Å²) < 4.78 is 13.6. The van der Waals surface area contributed by atoms with E-state index in [2.05, 4.69) is 107 Å². The van der Waals surface area contributed by atoms with Gasteiger partial charge in [-0.25, -0.2) is 19.4 Å². The number of nitrogens with zero attached hydrogens (tertiary/aromatic N) is 12. The van der Waals surface area contributed by atoms with Gasteiger partial charge in [-0.1, -0.05) is 136 Å². The number of Topliss-reactive ketones (excluding diaryl/α,β-unsaturated/α-hetero) is 5. The number of fused-ring (bicyclic) bond motifs is 4. The molecule has 0 atom stereocenters. The van der Waals surface area contributed by atoms with Crippen LogP contribution in [0.2, 0.25) is 0 Å². The first kappa shape index (κ1) is 88.1. The molecular formula is C104H110N12O7. The summed E-state index contributed by atoms with van der Waals surface area (Å²) in [6.45, 7) is 56.0. The van der Waals surface area contributed by atoms with Crippen molar-refractivity contribution in [3.63, 3.8) is 0 Å². The van der Waals surface area contributed by atoms with Crippen molar-refractivity contribution in [2.45, 2.75) is 151 Å². The highest BCUT2D eigenvalue weighted by atomic mass is 16.5. The number of ketones is 5. The summed E-state index contributed by atoms with van der Waals surface area (Å²) in [5.41, 5.74) is 21.5. The number of rotatable bonds is 24. The number of aromatic nitrogens is 4. The van der Waals surface area contributed by atoms with Crippen LogP contribution in [0.3, 0.4) is 0 Å². The molecule has 0 spiro atoms. The van der Waals surface area contributed by atoms with Crippen LogP contribution in [-0.2, 0) is 33.6 Å². The maximum atomic E-state index is 13.5. The second-order valence-electron chi connectivity index (χ2n) is 32.9. The van der Waals surface area contributed by atoms with E-state index in [1.807, 2.05) is 155 Å². The second kappa shape index (κ2) is 41.2. The molecule has 8 aromatic carbocycles. The minimum Gasteiger partial charge on any atom is -0.466 e. The first-order chi connectivity index (χ1) is 59.7. The van der Waals surface area contributed by atoms with E-state index in [0.29, 0.717) is 74.8 Å². The first-order valence-corrected chi connectivity index (χ1v) is 43.5. The molecule has 628 valence electrons. The molecule has 4 aliphatic rings. The monoisotopic (exact) mass is 1640 g/mol. The smallest absolute Gasteiger partial charge is 0.302 e. The Balaban J connectivity index is 0.000000141. The van der Waals surface area contributed by atoms with Gasteiger partial charge in [0.05, 0.1) is 81.1 Å². The molecule has 0 unspecified atom stereocenters. The predicted molar refractivity (Wildman–Crippen MR) is 494 cm³/mol. The van der Waals surface area contributed by atoms with Crippen LogP contribution in [0.5, 0.6) is 0 Å². The lowest BCUT2D eigenvalue weighted by Crippen LogP contribution is -2.34. The maximum absolute atomic E-state index is 13.5. The highest BCUT2D eigenvalue weighted by Gasteiger charge is 2.30. The summed E-state index contributed by atoms with van der Waals surface area (Å²) in [6.07, 6.45) is 18.9. The molecule has 0 N–H and O–H groups in total. The molecule has 4 fully saturated rings. The molecule has 16 rings (SSSR count). The normalized spacial score (nSPS) is 14.5. The van der Waals surface area contributed by atoms with Crippen molar-refractivity contribution < 1.29 is 33.5 Å². The number of hydrogen-bond donors (Lipinski definition) is 0. The fraction of sp³-hybridized carbons (Fsp3) is 0.346. The lowest BCUT2D eigenvalue weighted by Gasteiger charge is -2.25. The van der Waals surface area contributed by atoms with E-state index >= 15 is 0 Å². The third-order valence-electron chi connectivity index (χ3n) is 24.5. The minimum atomic E-state index is -0.291. The number of carbonyl (C=O) groups excluding carboxylic acids is 6. The molecular weight excluding hydrogens is 1530 g/mol. The van der Waals surface area contributed by atoms with Gasteiger partial charge >= 0.3 is 5.97 Å². The lowest BCUT2D eigenvalue weighted by atomic mass is 10.0. The summed E-state index contributed by atoms with van der Waals surface area (Å²) in [4.78, 5) is 99.3. The second-order valence-corrected chi connectivity index (χ2v) is 32.9. The van der Waals surface area contributed by atoms with E-state index in [9.17, 15) is 28.8 Å². The molecule has 0 saturated carbocycles. The quantitative estimate of drug-likeness (QED) is 0.0321. The van der Waals surface area contributed by atoms with Crippen LogP contribution in [0.1, 0.15) is 191 Å². The van der Waals surface area contributed by atoms with Gasteiger partial charge in [-0.15, -0.1) is 0 Å². The van der Waals surface area contributed by atoms with Crippen LogP contribution in [-0.4, -0.2) is 158 Å². The lowest BCUT2D eigenvalue weighted by molar-refractivity contribution is -0.140. The first-order valence-electron chi connectivity index (χ1n) is 43.5. The zero-order valence-electron chi connectivity index (χ0n) is 72.2. The van der Waals surface area contributed by atoms with Crippen LogP contribution in [0.25, 0.3) is 91.8 Å². The van der Waals surface area contributed by atoms with E-state index in [0.717, 1.165) is 213 Å². The zero-order chi connectivity index (χ0) is 86.8. The van der Waals surface area contributed by atoms with Crippen molar-refractivity contribution in [2.75, 3.05) is 85.1 Å². The van der Waals surface area contributed by atoms with Gasteiger partial charge in [0.25, 0.3) is 0 Å². The molecule has 0 bridgehead atoms. The number of aryl methyl sites for hydroxylation is 2. The van der Waals surface area contributed by atoms with Gasteiger partial charge in [-0.05, 0) is 252 Å². The highest BCUT2D eigenvalue weighted by molar-refractivity contribution is 6.14. The fourth-order valence-electron chi connectivity index (χ4n) is 18.2. The number of benzene rings is 8. The van der Waals surface area contributed by atoms with Crippen LogP contribution in [0.15, 0.2) is 176 Å². The minimum absolute atomic E-state index is 0.142. The number of piperidine rings is 4. The molecule has 4 saturated heterocycles. The number of carbonyl (C=O) groups is 6. The van der Waals surface area contributed by atoms with Crippen molar-refractivity contribution >= 4 is 107 Å². The summed E-state index contributed by atoms with van der Waals surface area (Å²) in [5.74, 6) is 0.562. The molecule has 4 aliphatic heterocycles. The Hall–Kier alpha value is -12.7. The van der Waals surface area contributed by atoms with E-state index in [1.165, 1.54) is 63.9 Å². The molecule has 8 heterocycles. The van der Waals surface area contributed by atoms with Gasteiger partial charge < -0.3 is 27.8 Å². The molecule has 4 aromatic heterocycles. The third kappa shape index (κ3) is 20.7. The standard InChI is InChI=1S/C27H29N3O3.C27H29N3O2.C25H27N3O.C25H25N3O/c1-19-27(26(32)18-29-14-5-4-6-15-29)24-12-7-21(13-16-33-20(2)31)17-25(24)30(19)23-10-8-22(28-3)9-11-23;1-19(31)7-8-21-9-14-24-25(17-21)30(23-12-10-22(28-3)11-13-23)20(2)27(24)26(32)18-29-15-5-4-6-16-29;1-4-19-8-13-23-22(16-19)25(24(29)17-27-14-6-5-7-15-27)18(2)28(23)21-11-9-20(26-3)10-12-21;1-4-19-8-13-22-23(16-19)28(21-11-9-20(26-3)10-12-21)18(2)25(22)24(29)17-27-14-6-5-7-15-27/h7-12,17H,4-6,13-16,18H2,1-2H3;9-14,17H,4-8,15-16,18H2,1-2H3;8-13,16H,4-7,14-15,17H2,1-2H3;4,8-13,16H,1,5-7,14-15,17H2,2H3. The van der Waals surface area contributed by atoms with Crippen LogP contribution >= 0.6 is 0 Å². The van der Waals surface area contributed by atoms with Crippen LogP contribution in [0, 0.1) is 54.0 Å². The maximum Gasteiger partial charge on any atom is 0.302 e. The van der Waals surface area contributed by atoms with Crippen molar-refractivity contribution in [1.82, 2.24) is 37.9 Å². The topological polar surface area (TPSA) is 162 Å². The van der Waals surface area contributed by atoms with E-state index in [1.54, 1.807) is 19.1 Å². The molecule has 12 aromatic rings. The Kier molecular flexibility index (Phi) is 29.5. The fourth-order valence-corrected chi connectivity index (χ4v) is 18.2. The number of hydrogen-bond acceptors (Lipinski definition) is 11. The summed E-state index contributed by atoms with van der Waals surface area (Å²) in [5, 5.41) is 3.90. The molecule has 19 nitrogen and oxygen atoms in total. The molecule has 19 heteroatoms. The van der Waals surface area contributed by atoms with Gasteiger partial charge in [-0.2, -0.15) is 0 Å². The Bertz CT molecular complexity index is 6080. The summed E-state index contributed by atoms with van der Waals surface area (Å²) in [6, 6.07) is 54.9. The third-order valence-corrected chi connectivity index (χ3v) is 24.5. The summed E-state index contributed by atoms with van der Waals surface area (Å²) in [7, 11) is 0. The van der Waals surface area contributed by atoms with Crippen molar-refractivity contribution in [2.24, 2.45) is 0 Å². The number of likely N-dealkylation sites (tertiary alicyclic amines) is 4. The summed E-state index contributed by atoms with van der Waals surface area (Å²) >= 11 is 0. The average molecular weight is 1640 g/mol. The number of ether oxygens (including phenoxy) is 1. The average Bonchev–Trinajstić information content (AvgIpc) is 1.62. The van der Waals surface area contributed by atoms with E-state index < -0.39 is 0 Å². The van der Waals surface area contributed by atoms with E-state index in [4.69, 9.17) is 31.0 Å². The molecule has 123 heavy (non-hydrogen) atoms. The Morgan fingerprint density at radius 1 is 0.358 bits per heavy atom. The van der Waals surface area contributed by atoms with Crippen LogP contribution in [0.4, 0.5) is 22.7 Å². The van der Waals surface area contributed by atoms with Gasteiger partial charge in [0, 0.05) is 109 Å². The van der Waals surface area contributed by atoms with Gasteiger partial charge in [-0.3, -0.25) is 43.6 Å². The Labute approximate surface area is 723 Å². The number of esters is 1. The van der Waals surface area contributed by atoms with Crippen molar-refractivity contribution in [3.8, 4) is 22.7 Å². The van der Waals surface area contributed by atoms with Gasteiger partial charge in [0.1, 0.15) is 5.78 Å². The predicted octanol–water partition coefficient (Wildman–Crippen LogP) is 22.5. The van der Waals surface area contributed by atoms with Crippen molar-refractivity contribution in [3.05, 3.63) is 289 Å². The van der Waals surface area contributed by atoms with Crippen molar-refractivity contribution in [1.29, 1.82) is 0 Å². The largest absolute Gasteiger partial charge is 0.466 e. The SMILES string of the molecule is [C-]#[N+]c1ccc(-n2c(C)c(C(=O)CN3CCCCC3)c3cc(CC)ccc32)cc1.[C-]#[N+]c1ccc(-n2c(C)c(C(=O)CN3CCCCC3)c3ccc(C=C)cc32)cc1.[C-]#[N+]c1ccc(-n2c(C)c(C(=O)CN3CCCCC3)c3ccc(CCC(C)=O)cc32)cc1.[C-]#[N+]c1ccc(-n2c(C)c(C(=O)CN3CCCCC3)c3ccc(CCOC(C)=O)cc32)cc1. The Morgan fingerprint density at radius 3 is 0.967 bits per heavy atom. The Morgan fingerprint density at radius 2 is 0.659 bits per heavy atom. The highest BCUT2D eigenvalue weighted by Crippen LogP contribution is 2.38. The van der Waals surface area contributed by atoms with E-state index in [-0.39, 0.29) is 34.9 Å². The van der Waals surface area contributed by atoms with Gasteiger partial charge in [0.15, 0.2) is 45.9 Å². The molecule has 0 radical (unpaired) electrons. The molecule has 0 amide bonds. The van der Waals surface area contributed by atoms with Crippen LogP contribution < -0.4 is 0 Å².